The van der Waals surface area contributed by atoms with Gasteiger partial charge in [-0.05, 0) is 17.7 Å². The molecule has 1 heterocycles. The maximum absolute atomic E-state index is 10.8. The zero-order valence-electron chi connectivity index (χ0n) is 9.73. The van der Waals surface area contributed by atoms with Crippen molar-refractivity contribution in [2.75, 3.05) is 5.73 Å². The molecule has 3 N–H and O–H groups in total. The van der Waals surface area contributed by atoms with Crippen LogP contribution in [0.5, 0.6) is 0 Å². The maximum Gasteiger partial charge on any atom is 0.304 e. The van der Waals surface area contributed by atoms with Crippen LogP contribution in [0.1, 0.15) is 25.8 Å². The van der Waals surface area contributed by atoms with Gasteiger partial charge in [0.1, 0.15) is 0 Å². The van der Waals surface area contributed by atoms with E-state index in [2.05, 4.69) is 4.98 Å². The Morgan fingerprint density at radius 2 is 2.24 bits per heavy atom. The van der Waals surface area contributed by atoms with Crippen molar-refractivity contribution in [3.63, 3.8) is 0 Å². The lowest BCUT2D eigenvalue weighted by molar-refractivity contribution is -0.138. The van der Waals surface area contributed by atoms with Gasteiger partial charge in [-0.2, -0.15) is 0 Å². The van der Waals surface area contributed by atoms with E-state index in [9.17, 15) is 4.79 Å². The largest absolute Gasteiger partial charge is 0.481 e. The summed E-state index contributed by atoms with van der Waals surface area (Å²) in [4.78, 5) is 15.0. The summed E-state index contributed by atoms with van der Waals surface area (Å²) >= 11 is 1.42. The van der Waals surface area contributed by atoms with Crippen LogP contribution in [0.3, 0.4) is 0 Å². The van der Waals surface area contributed by atoms with Crippen molar-refractivity contribution in [1.82, 2.24) is 4.98 Å². The molecule has 2 aromatic rings. The van der Waals surface area contributed by atoms with Gasteiger partial charge in [0.05, 0.1) is 16.6 Å². The smallest absolute Gasteiger partial charge is 0.304 e. The Balaban J connectivity index is 2.44. The van der Waals surface area contributed by atoms with Gasteiger partial charge in [-0.3, -0.25) is 4.79 Å². The maximum atomic E-state index is 10.8. The molecule has 0 atom stereocenters. The van der Waals surface area contributed by atoms with Crippen LogP contribution in [0.2, 0.25) is 0 Å². The Labute approximate surface area is 103 Å². The lowest BCUT2D eigenvalue weighted by Gasteiger charge is -2.22. The van der Waals surface area contributed by atoms with Gasteiger partial charge in [-0.25, -0.2) is 4.98 Å². The molecule has 1 aromatic carbocycles. The molecule has 0 radical (unpaired) electrons. The summed E-state index contributed by atoms with van der Waals surface area (Å²) in [6.07, 6.45) is 0.104. The van der Waals surface area contributed by atoms with E-state index in [0.717, 1.165) is 15.8 Å². The van der Waals surface area contributed by atoms with Gasteiger partial charge in [0.2, 0.25) is 0 Å². The first-order chi connectivity index (χ1) is 7.88. The normalized spacial score (nSPS) is 11.9. The van der Waals surface area contributed by atoms with Crippen LogP contribution in [0.15, 0.2) is 18.2 Å². The minimum atomic E-state index is -0.793. The zero-order valence-corrected chi connectivity index (χ0v) is 10.5. The number of carbonyl (C=O) groups is 1. The monoisotopic (exact) mass is 250 g/mol. The van der Waals surface area contributed by atoms with Crippen LogP contribution < -0.4 is 5.73 Å². The summed E-state index contributed by atoms with van der Waals surface area (Å²) in [7, 11) is 0. The van der Waals surface area contributed by atoms with Crippen molar-refractivity contribution >= 4 is 32.7 Å². The number of hydrogen-bond acceptors (Lipinski definition) is 4. The minimum absolute atomic E-state index is 0.104. The third-order valence-electron chi connectivity index (χ3n) is 2.78. The van der Waals surface area contributed by atoms with Gasteiger partial charge in [0.25, 0.3) is 0 Å². The number of benzene rings is 1. The molecule has 0 spiro atoms. The zero-order chi connectivity index (χ0) is 12.6. The number of nitrogens with two attached hydrogens (primary N) is 1. The third-order valence-corrected chi connectivity index (χ3v) is 3.63. The molecule has 0 aliphatic heterocycles. The molecule has 0 saturated carbocycles. The van der Waals surface area contributed by atoms with E-state index in [0.29, 0.717) is 5.13 Å². The summed E-state index contributed by atoms with van der Waals surface area (Å²) < 4.78 is 0.999. The number of thiazole rings is 1. The molecular formula is C12H14N2O2S. The van der Waals surface area contributed by atoms with Crippen LogP contribution >= 0.6 is 11.3 Å². The molecule has 0 bridgehead atoms. The van der Waals surface area contributed by atoms with Crippen molar-refractivity contribution < 1.29 is 9.90 Å². The Morgan fingerprint density at radius 3 is 2.88 bits per heavy atom. The number of nitrogens with zero attached hydrogens (tertiary/aromatic N) is 1. The van der Waals surface area contributed by atoms with E-state index >= 15 is 0 Å². The second-order valence-electron chi connectivity index (χ2n) is 4.69. The van der Waals surface area contributed by atoms with Crippen LogP contribution in [0, 0.1) is 0 Å². The average molecular weight is 250 g/mol. The molecule has 0 saturated heterocycles. The summed E-state index contributed by atoms with van der Waals surface area (Å²) in [6.45, 7) is 3.85. The van der Waals surface area contributed by atoms with Crippen molar-refractivity contribution in [2.24, 2.45) is 0 Å². The summed E-state index contributed by atoms with van der Waals surface area (Å²) in [6, 6.07) is 5.79. The third kappa shape index (κ3) is 2.39. The quantitative estimate of drug-likeness (QED) is 0.878. The summed E-state index contributed by atoms with van der Waals surface area (Å²) in [5.74, 6) is -0.793. The molecule has 0 fully saturated rings. The van der Waals surface area contributed by atoms with Crippen LogP contribution in [0.25, 0.3) is 10.2 Å². The molecule has 17 heavy (non-hydrogen) atoms. The molecule has 0 aliphatic rings. The standard InChI is InChI=1S/C12H14N2O2S/c1-12(2,6-10(15)16)7-3-4-8-9(5-7)17-11(13)14-8/h3-5H,6H2,1-2H3,(H2,13,14)(H,15,16). The first-order valence-corrected chi connectivity index (χ1v) is 6.08. The molecule has 0 unspecified atom stereocenters. The Kier molecular flexibility index (Phi) is 2.79. The molecule has 0 aliphatic carbocycles. The Bertz CT molecular complexity index is 575. The highest BCUT2D eigenvalue weighted by molar-refractivity contribution is 7.22. The van der Waals surface area contributed by atoms with Crippen LogP contribution in [-0.2, 0) is 10.2 Å². The van der Waals surface area contributed by atoms with Crippen LogP contribution in [0.4, 0.5) is 5.13 Å². The highest BCUT2D eigenvalue weighted by Crippen LogP contribution is 2.32. The lowest BCUT2D eigenvalue weighted by Crippen LogP contribution is -2.21. The fourth-order valence-electron chi connectivity index (χ4n) is 1.84. The van der Waals surface area contributed by atoms with E-state index in [1.54, 1.807) is 0 Å². The second kappa shape index (κ2) is 4.00. The van der Waals surface area contributed by atoms with E-state index in [1.807, 2.05) is 32.0 Å². The lowest BCUT2D eigenvalue weighted by atomic mass is 9.81. The fraction of sp³-hybridized carbons (Fsp3) is 0.333. The number of hydrogen-bond donors (Lipinski definition) is 2. The van der Waals surface area contributed by atoms with E-state index in [1.165, 1.54) is 11.3 Å². The Hall–Kier alpha value is -1.62. The first kappa shape index (κ1) is 11.9. The Morgan fingerprint density at radius 1 is 1.53 bits per heavy atom. The fourth-order valence-corrected chi connectivity index (χ4v) is 2.62. The van der Waals surface area contributed by atoms with Gasteiger partial charge in [0, 0.05) is 5.41 Å². The van der Waals surface area contributed by atoms with Gasteiger partial charge < -0.3 is 10.8 Å². The number of fused-ring (bicyclic) bond motifs is 1. The minimum Gasteiger partial charge on any atom is -0.481 e. The van der Waals surface area contributed by atoms with Crippen molar-refractivity contribution in [3.05, 3.63) is 23.8 Å². The summed E-state index contributed by atoms with van der Waals surface area (Å²) in [5.41, 5.74) is 7.11. The highest BCUT2D eigenvalue weighted by Gasteiger charge is 2.24. The van der Waals surface area contributed by atoms with Gasteiger partial charge in [-0.1, -0.05) is 31.3 Å². The average Bonchev–Trinajstić information content (AvgIpc) is 2.54. The van der Waals surface area contributed by atoms with Gasteiger partial charge in [-0.15, -0.1) is 0 Å². The first-order valence-electron chi connectivity index (χ1n) is 5.27. The number of anilines is 1. The topological polar surface area (TPSA) is 76.2 Å². The predicted octanol–water partition coefficient (Wildman–Crippen LogP) is 2.63. The molecule has 90 valence electrons. The number of aromatic nitrogens is 1. The van der Waals surface area contributed by atoms with Crippen molar-refractivity contribution in [3.8, 4) is 0 Å². The molecule has 1 aromatic heterocycles. The predicted molar refractivity (Wildman–Crippen MR) is 69.3 cm³/mol. The highest BCUT2D eigenvalue weighted by atomic mass is 32.1. The number of nitrogen functional groups attached to an aromatic ring is 1. The van der Waals surface area contributed by atoms with Gasteiger partial charge >= 0.3 is 5.97 Å². The van der Waals surface area contributed by atoms with Crippen LogP contribution in [-0.4, -0.2) is 16.1 Å². The number of carboxylic acid groups (broad SMARTS) is 1. The number of rotatable bonds is 3. The van der Waals surface area contributed by atoms with Crippen molar-refractivity contribution in [1.29, 1.82) is 0 Å². The van der Waals surface area contributed by atoms with Gasteiger partial charge in [0.15, 0.2) is 5.13 Å². The molecule has 5 heteroatoms. The molecule has 2 rings (SSSR count). The molecule has 4 nitrogen and oxygen atoms in total. The van der Waals surface area contributed by atoms with Crippen molar-refractivity contribution in [2.45, 2.75) is 25.7 Å². The SMILES string of the molecule is CC(C)(CC(=O)O)c1ccc2nc(N)sc2c1. The van der Waals surface area contributed by atoms with E-state index < -0.39 is 11.4 Å². The molecule has 0 amide bonds. The number of aliphatic carboxylic acids is 1. The van der Waals surface area contributed by atoms with E-state index in [-0.39, 0.29) is 6.42 Å². The summed E-state index contributed by atoms with van der Waals surface area (Å²) in [5, 5.41) is 9.43. The number of carboxylic acids is 1. The van der Waals surface area contributed by atoms with E-state index in [4.69, 9.17) is 10.8 Å². The second-order valence-corrected chi connectivity index (χ2v) is 5.75. The molecular weight excluding hydrogens is 236 g/mol.